The van der Waals surface area contributed by atoms with E-state index in [0.29, 0.717) is 11.8 Å². The molecular weight excluding hydrogens is 350 g/mol. The summed E-state index contributed by atoms with van der Waals surface area (Å²) < 4.78 is 0. The fourth-order valence-electron chi connectivity index (χ4n) is 3.27. The number of nitrogens with one attached hydrogen (secondary N) is 2. The van der Waals surface area contributed by atoms with Crippen molar-refractivity contribution < 1.29 is 0 Å². The van der Waals surface area contributed by atoms with Crippen molar-refractivity contribution in [2.45, 2.75) is 12.8 Å². The standard InChI is InChI=1S/C21H25N7/c1-27(2)18-9-5-16(6-10-18)23-20-15-22-26-21(25-20)24-17-7-11-19(12-8-17)28-13-3-4-14-28/h5-12,15H,3-4,13-14H2,1-2H3,(H2,23,24,25,26). The maximum absolute atomic E-state index is 4.50. The fourth-order valence-corrected chi connectivity index (χ4v) is 3.27. The van der Waals surface area contributed by atoms with Crippen LogP contribution in [-0.4, -0.2) is 42.4 Å². The molecule has 1 aromatic heterocycles. The highest BCUT2D eigenvalue weighted by Crippen LogP contribution is 2.24. The van der Waals surface area contributed by atoms with Gasteiger partial charge in [0.15, 0.2) is 5.82 Å². The number of rotatable bonds is 6. The minimum atomic E-state index is 0.462. The minimum absolute atomic E-state index is 0.462. The van der Waals surface area contributed by atoms with Crippen LogP contribution in [0.1, 0.15) is 12.8 Å². The van der Waals surface area contributed by atoms with Gasteiger partial charge in [0.05, 0.1) is 6.20 Å². The highest BCUT2D eigenvalue weighted by Gasteiger charge is 2.12. The third-order valence-electron chi connectivity index (χ3n) is 4.81. The maximum Gasteiger partial charge on any atom is 0.249 e. The first-order valence-corrected chi connectivity index (χ1v) is 9.53. The Kier molecular flexibility index (Phi) is 5.23. The van der Waals surface area contributed by atoms with Crippen LogP contribution in [0.4, 0.5) is 34.5 Å². The molecule has 28 heavy (non-hydrogen) atoms. The highest BCUT2D eigenvalue weighted by atomic mass is 15.3. The number of aromatic nitrogens is 3. The Morgan fingerprint density at radius 1 is 0.857 bits per heavy atom. The minimum Gasteiger partial charge on any atom is -0.378 e. The predicted molar refractivity (Wildman–Crippen MR) is 115 cm³/mol. The van der Waals surface area contributed by atoms with E-state index in [4.69, 9.17) is 0 Å². The van der Waals surface area contributed by atoms with Crippen molar-refractivity contribution in [2.24, 2.45) is 0 Å². The van der Waals surface area contributed by atoms with Gasteiger partial charge in [-0.15, -0.1) is 5.10 Å². The molecule has 1 fully saturated rings. The summed E-state index contributed by atoms with van der Waals surface area (Å²) in [7, 11) is 4.04. The van der Waals surface area contributed by atoms with Crippen molar-refractivity contribution >= 4 is 34.5 Å². The van der Waals surface area contributed by atoms with Crippen LogP contribution >= 0.6 is 0 Å². The van der Waals surface area contributed by atoms with Crippen LogP contribution in [0.5, 0.6) is 0 Å². The molecule has 0 aliphatic carbocycles. The molecule has 2 N–H and O–H groups in total. The Bertz CT molecular complexity index is 901. The van der Waals surface area contributed by atoms with Gasteiger partial charge in [0.2, 0.25) is 5.95 Å². The summed E-state index contributed by atoms with van der Waals surface area (Å²) in [6.45, 7) is 2.28. The normalized spacial score (nSPS) is 13.4. The van der Waals surface area contributed by atoms with E-state index in [1.54, 1.807) is 6.20 Å². The summed E-state index contributed by atoms with van der Waals surface area (Å²) in [6, 6.07) is 16.5. The van der Waals surface area contributed by atoms with Gasteiger partial charge in [-0.2, -0.15) is 10.1 Å². The van der Waals surface area contributed by atoms with E-state index in [-0.39, 0.29) is 0 Å². The molecule has 0 bridgehead atoms. The molecule has 2 aromatic carbocycles. The lowest BCUT2D eigenvalue weighted by molar-refractivity contribution is 0.949. The van der Waals surface area contributed by atoms with E-state index < -0.39 is 0 Å². The van der Waals surface area contributed by atoms with Gasteiger partial charge in [-0.25, -0.2) is 0 Å². The van der Waals surface area contributed by atoms with E-state index >= 15 is 0 Å². The van der Waals surface area contributed by atoms with Gasteiger partial charge >= 0.3 is 0 Å². The molecular formula is C21H25N7. The summed E-state index contributed by atoms with van der Waals surface area (Å²) in [5, 5.41) is 14.6. The van der Waals surface area contributed by atoms with Crippen LogP contribution in [0.3, 0.4) is 0 Å². The van der Waals surface area contributed by atoms with Crippen LogP contribution in [0.25, 0.3) is 0 Å². The van der Waals surface area contributed by atoms with Gasteiger partial charge in [-0.05, 0) is 61.4 Å². The summed E-state index contributed by atoms with van der Waals surface area (Å²) in [5.41, 5.74) is 4.30. The average molecular weight is 375 g/mol. The number of hydrogen-bond donors (Lipinski definition) is 2. The van der Waals surface area contributed by atoms with Crippen LogP contribution < -0.4 is 20.4 Å². The Balaban J connectivity index is 1.42. The van der Waals surface area contributed by atoms with Crippen molar-refractivity contribution in [3.8, 4) is 0 Å². The summed E-state index contributed by atoms with van der Waals surface area (Å²) in [5.74, 6) is 1.10. The fraction of sp³-hybridized carbons (Fsp3) is 0.286. The molecule has 1 aliphatic heterocycles. The number of nitrogens with zero attached hydrogens (tertiary/aromatic N) is 5. The summed E-state index contributed by atoms with van der Waals surface area (Å²) >= 11 is 0. The first-order chi connectivity index (χ1) is 13.7. The lowest BCUT2D eigenvalue weighted by Crippen LogP contribution is -2.17. The molecule has 0 atom stereocenters. The van der Waals surface area contributed by atoms with Gasteiger partial charge in [0.25, 0.3) is 0 Å². The Morgan fingerprint density at radius 3 is 2.18 bits per heavy atom. The average Bonchev–Trinajstić information content (AvgIpc) is 3.24. The lowest BCUT2D eigenvalue weighted by atomic mass is 10.2. The number of anilines is 6. The Hall–Kier alpha value is -3.35. The quantitative estimate of drug-likeness (QED) is 0.674. The maximum atomic E-state index is 4.50. The van der Waals surface area contributed by atoms with Crippen LogP contribution in [0, 0.1) is 0 Å². The molecule has 0 unspecified atom stereocenters. The second kappa shape index (κ2) is 8.12. The topological polar surface area (TPSA) is 69.2 Å². The molecule has 4 rings (SSSR count). The Labute approximate surface area is 165 Å². The van der Waals surface area contributed by atoms with Crippen LogP contribution in [0.2, 0.25) is 0 Å². The Morgan fingerprint density at radius 2 is 1.50 bits per heavy atom. The third kappa shape index (κ3) is 4.31. The highest BCUT2D eigenvalue weighted by molar-refractivity contribution is 5.62. The van der Waals surface area contributed by atoms with E-state index in [1.807, 2.05) is 26.2 Å². The second-order valence-electron chi connectivity index (χ2n) is 7.10. The molecule has 0 radical (unpaired) electrons. The van der Waals surface area contributed by atoms with Gasteiger partial charge in [0.1, 0.15) is 0 Å². The third-order valence-corrected chi connectivity index (χ3v) is 4.81. The van der Waals surface area contributed by atoms with Gasteiger partial charge in [-0.3, -0.25) is 0 Å². The molecule has 0 spiro atoms. The summed E-state index contributed by atoms with van der Waals surface area (Å²) in [6.07, 6.45) is 4.16. The molecule has 7 heteroatoms. The van der Waals surface area contributed by atoms with E-state index in [9.17, 15) is 0 Å². The summed E-state index contributed by atoms with van der Waals surface area (Å²) in [4.78, 5) is 8.98. The van der Waals surface area contributed by atoms with Crippen molar-refractivity contribution in [3.63, 3.8) is 0 Å². The van der Waals surface area contributed by atoms with E-state index in [2.05, 4.69) is 72.0 Å². The predicted octanol–water partition coefficient (Wildman–Crippen LogP) is 4.03. The molecule has 2 heterocycles. The first-order valence-electron chi connectivity index (χ1n) is 9.53. The largest absolute Gasteiger partial charge is 0.378 e. The molecule has 1 saturated heterocycles. The van der Waals surface area contributed by atoms with Crippen molar-refractivity contribution in [3.05, 3.63) is 54.7 Å². The zero-order chi connectivity index (χ0) is 19.3. The molecule has 1 aliphatic rings. The van der Waals surface area contributed by atoms with Gasteiger partial charge in [-0.1, -0.05) is 0 Å². The lowest BCUT2D eigenvalue weighted by Gasteiger charge is -2.17. The molecule has 3 aromatic rings. The van der Waals surface area contributed by atoms with E-state index in [1.165, 1.54) is 18.5 Å². The van der Waals surface area contributed by atoms with Crippen molar-refractivity contribution in [2.75, 3.05) is 47.6 Å². The smallest absolute Gasteiger partial charge is 0.249 e. The first kappa shape index (κ1) is 18.0. The molecule has 7 nitrogen and oxygen atoms in total. The van der Waals surface area contributed by atoms with Gasteiger partial charge in [0, 0.05) is 49.9 Å². The number of benzene rings is 2. The monoisotopic (exact) mass is 375 g/mol. The SMILES string of the molecule is CN(C)c1ccc(Nc2cnnc(Nc3ccc(N4CCCC4)cc3)n2)cc1. The molecule has 0 saturated carbocycles. The van der Waals surface area contributed by atoms with Crippen LogP contribution in [-0.2, 0) is 0 Å². The zero-order valence-corrected chi connectivity index (χ0v) is 16.3. The second-order valence-corrected chi connectivity index (χ2v) is 7.10. The molecule has 144 valence electrons. The van der Waals surface area contributed by atoms with E-state index in [0.717, 1.165) is 30.2 Å². The van der Waals surface area contributed by atoms with Crippen LogP contribution in [0.15, 0.2) is 54.7 Å². The zero-order valence-electron chi connectivity index (χ0n) is 16.3. The number of hydrogen-bond acceptors (Lipinski definition) is 7. The van der Waals surface area contributed by atoms with Crippen molar-refractivity contribution in [1.82, 2.24) is 15.2 Å². The van der Waals surface area contributed by atoms with Gasteiger partial charge < -0.3 is 20.4 Å². The van der Waals surface area contributed by atoms with Crippen molar-refractivity contribution in [1.29, 1.82) is 0 Å². The molecule has 0 amide bonds.